The molecule has 116 valence electrons. The highest BCUT2D eigenvalue weighted by atomic mass is 35.5. The average molecular weight is 320 g/mol. The number of fused-ring (bicyclic) bond motifs is 1. The lowest BCUT2D eigenvalue weighted by Gasteiger charge is -2.21. The number of aryl methyl sites for hydroxylation is 1. The van der Waals surface area contributed by atoms with E-state index < -0.39 is 11.7 Å². The van der Waals surface area contributed by atoms with Gasteiger partial charge in [0.25, 0.3) is 0 Å². The van der Waals surface area contributed by atoms with Crippen LogP contribution in [0.3, 0.4) is 0 Å². The lowest BCUT2D eigenvalue weighted by molar-refractivity contribution is -0.136. The molecule has 7 heteroatoms. The lowest BCUT2D eigenvalue weighted by Crippen LogP contribution is -2.26. The number of nitrogens with zero attached hydrogens (tertiary/aromatic N) is 2. The number of nitrogens with one attached hydrogen (secondary N) is 1. The molecule has 0 saturated carbocycles. The third-order valence-electron chi connectivity index (χ3n) is 3.92. The molecule has 1 saturated heterocycles. The number of hydrogen-bond acceptors (Lipinski definition) is 2. The van der Waals surface area contributed by atoms with Crippen molar-refractivity contribution in [2.75, 3.05) is 13.1 Å². The van der Waals surface area contributed by atoms with E-state index in [-0.39, 0.29) is 23.8 Å². The zero-order valence-corrected chi connectivity index (χ0v) is 12.4. The molecule has 0 unspecified atom stereocenters. The summed E-state index contributed by atoms with van der Waals surface area (Å²) in [7, 11) is 1.59. The van der Waals surface area contributed by atoms with E-state index in [4.69, 9.17) is 0 Å². The van der Waals surface area contributed by atoms with Crippen molar-refractivity contribution in [3.05, 3.63) is 29.5 Å². The van der Waals surface area contributed by atoms with Crippen LogP contribution in [0.15, 0.2) is 18.2 Å². The van der Waals surface area contributed by atoms with Gasteiger partial charge in [-0.15, -0.1) is 12.4 Å². The molecule has 0 amide bonds. The third kappa shape index (κ3) is 2.87. The van der Waals surface area contributed by atoms with Gasteiger partial charge < -0.3 is 5.32 Å². The molecule has 2 heterocycles. The maximum atomic E-state index is 13.1. The van der Waals surface area contributed by atoms with E-state index in [2.05, 4.69) is 10.4 Å². The number of alkyl halides is 3. The van der Waals surface area contributed by atoms with Crippen molar-refractivity contribution in [1.82, 2.24) is 15.1 Å². The monoisotopic (exact) mass is 319 g/mol. The quantitative estimate of drug-likeness (QED) is 0.872. The van der Waals surface area contributed by atoms with Gasteiger partial charge >= 0.3 is 6.18 Å². The van der Waals surface area contributed by atoms with Crippen molar-refractivity contribution in [2.45, 2.75) is 24.9 Å². The first-order valence-electron chi connectivity index (χ1n) is 6.72. The summed E-state index contributed by atoms with van der Waals surface area (Å²) < 4.78 is 40.7. The van der Waals surface area contributed by atoms with Crippen LogP contribution in [0, 0.1) is 0 Å². The van der Waals surface area contributed by atoms with Crippen molar-refractivity contribution in [3.8, 4) is 0 Å². The number of aromatic nitrogens is 2. The Hall–Kier alpha value is -1.27. The Bertz CT molecular complexity index is 630. The van der Waals surface area contributed by atoms with E-state index in [0.29, 0.717) is 5.39 Å². The normalized spacial score (nSPS) is 17.0. The standard InChI is InChI=1S/C14H16F3N3.ClH/c1-20-13-10(3-2-4-11(13)14(15,16)17)12(19-20)9-5-7-18-8-6-9;/h2-4,9,18H,5-8H2,1H3;1H. The highest BCUT2D eigenvalue weighted by Gasteiger charge is 2.35. The summed E-state index contributed by atoms with van der Waals surface area (Å²) in [5.41, 5.74) is 0.383. The second kappa shape index (κ2) is 5.85. The Labute approximate surface area is 126 Å². The van der Waals surface area contributed by atoms with Gasteiger partial charge in [-0.25, -0.2) is 0 Å². The van der Waals surface area contributed by atoms with Gasteiger partial charge in [0.1, 0.15) is 0 Å². The molecule has 0 bridgehead atoms. The fourth-order valence-corrected chi connectivity index (χ4v) is 2.99. The molecular weight excluding hydrogens is 303 g/mol. The minimum absolute atomic E-state index is 0. The van der Waals surface area contributed by atoms with Gasteiger partial charge in [-0.3, -0.25) is 4.68 Å². The number of halogens is 4. The summed E-state index contributed by atoms with van der Waals surface area (Å²) >= 11 is 0. The molecule has 3 rings (SSSR count). The molecule has 1 aliphatic heterocycles. The van der Waals surface area contributed by atoms with Crippen molar-refractivity contribution in [1.29, 1.82) is 0 Å². The predicted octanol–water partition coefficient (Wildman–Crippen LogP) is 3.48. The van der Waals surface area contributed by atoms with Crippen LogP contribution in [0.4, 0.5) is 13.2 Å². The second-order valence-corrected chi connectivity index (χ2v) is 5.23. The molecule has 1 fully saturated rings. The molecule has 0 spiro atoms. The topological polar surface area (TPSA) is 29.9 Å². The maximum absolute atomic E-state index is 13.1. The van der Waals surface area contributed by atoms with Crippen LogP contribution in [0.2, 0.25) is 0 Å². The zero-order valence-electron chi connectivity index (χ0n) is 11.6. The number of rotatable bonds is 1. The Morgan fingerprint density at radius 2 is 1.90 bits per heavy atom. The molecule has 1 aliphatic rings. The maximum Gasteiger partial charge on any atom is 0.418 e. The Balaban J connectivity index is 0.00000161. The molecule has 1 aromatic heterocycles. The van der Waals surface area contributed by atoms with Crippen LogP contribution in [0.5, 0.6) is 0 Å². The predicted molar refractivity (Wildman–Crippen MR) is 77.8 cm³/mol. The van der Waals surface area contributed by atoms with E-state index in [9.17, 15) is 13.2 Å². The van der Waals surface area contributed by atoms with E-state index in [0.717, 1.165) is 37.7 Å². The first kappa shape index (κ1) is 16.1. The van der Waals surface area contributed by atoms with E-state index in [1.54, 1.807) is 13.1 Å². The van der Waals surface area contributed by atoms with Crippen molar-refractivity contribution >= 4 is 23.3 Å². The van der Waals surface area contributed by atoms with Crippen LogP contribution in [0.1, 0.15) is 30.0 Å². The molecule has 0 atom stereocenters. The van der Waals surface area contributed by atoms with Crippen LogP contribution in [-0.2, 0) is 13.2 Å². The lowest BCUT2D eigenvalue weighted by atomic mass is 9.92. The van der Waals surface area contributed by atoms with Crippen LogP contribution < -0.4 is 5.32 Å². The largest absolute Gasteiger partial charge is 0.418 e. The first-order valence-corrected chi connectivity index (χ1v) is 6.72. The summed E-state index contributed by atoms with van der Waals surface area (Å²) in [5, 5.41) is 8.27. The van der Waals surface area contributed by atoms with Crippen LogP contribution >= 0.6 is 12.4 Å². The van der Waals surface area contributed by atoms with E-state index >= 15 is 0 Å². The molecule has 1 aromatic carbocycles. The molecule has 2 aromatic rings. The number of para-hydroxylation sites is 1. The zero-order chi connectivity index (χ0) is 14.3. The summed E-state index contributed by atoms with van der Waals surface area (Å²) in [6.45, 7) is 1.78. The van der Waals surface area contributed by atoms with Gasteiger partial charge in [0, 0.05) is 18.4 Å². The smallest absolute Gasteiger partial charge is 0.317 e. The van der Waals surface area contributed by atoms with E-state index in [1.807, 2.05) is 0 Å². The van der Waals surface area contributed by atoms with Crippen molar-refractivity contribution in [2.24, 2.45) is 7.05 Å². The molecule has 0 aliphatic carbocycles. The third-order valence-corrected chi connectivity index (χ3v) is 3.92. The fourth-order valence-electron chi connectivity index (χ4n) is 2.99. The van der Waals surface area contributed by atoms with Gasteiger partial charge in [-0.05, 0) is 32.0 Å². The van der Waals surface area contributed by atoms with Crippen molar-refractivity contribution < 1.29 is 13.2 Å². The Morgan fingerprint density at radius 3 is 2.52 bits per heavy atom. The first-order chi connectivity index (χ1) is 9.48. The van der Waals surface area contributed by atoms with Crippen molar-refractivity contribution in [3.63, 3.8) is 0 Å². The average Bonchev–Trinajstić information content (AvgIpc) is 2.76. The minimum Gasteiger partial charge on any atom is -0.317 e. The van der Waals surface area contributed by atoms with Crippen LogP contribution in [0.25, 0.3) is 10.9 Å². The number of hydrogen-bond donors (Lipinski definition) is 1. The number of piperidine rings is 1. The van der Waals surface area contributed by atoms with Crippen LogP contribution in [-0.4, -0.2) is 22.9 Å². The van der Waals surface area contributed by atoms with Gasteiger partial charge in [0.15, 0.2) is 0 Å². The summed E-state index contributed by atoms with van der Waals surface area (Å²) in [5.74, 6) is 0.239. The SMILES string of the molecule is Cl.Cn1nc(C2CCNCC2)c2cccc(C(F)(F)F)c21. The summed E-state index contributed by atoms with van der Waals surface area (Å²) in [6.07, 6.45) is -2.51. The molecule has 21 heavy (non-hydrogen) atoms. The summed E-state index contributed by atoms with van der Waals surface area (Å²) in [4.78, 5) is 0. The molecular formula is C14H17ClF3N3. The number of benzene rings is 1. The molecule has 3 nitrogen and oxygen atoms in total. The van der Waals surface area contributed by atoms with Gasteiger partial charge in [0.2, 0.25) is 0 Å². The molecule has 0 radical (unpaired) electrons. The Kier molecular flexibility index (Phi) is 4.49. The summed E-state index contributed by atoms with van der Waals surface area (Å²) in [6, 6.07) is 4.34. The molecule has 1 N–H and O–H groups in total. The van der Waals surface area contributed by atoms with Gasteiger partial charge in [-0.1, -0.05) is 12.1 Å². The van der Waals surface area contributed by atoms with Gasteiger partial charge in [0.05, 0.1) is 16.8 Å². The Morgan fingerprint density at radius 1 is 1.24 bits per heavy atom. The minimum atomic E-state index is -4.35. The van der Waals surface area contributed by atoms with Gasteiger partial charge in [-0.2, -0.15) is 18.3 Å². The highest BCUT2D eigenvalue weighted by Crippen LogP contribution is 2.38. The second-order valence-electron chi connectivity index (χ2n) is 5.23. The van der Waals surface area contributed by atoms with E-state index in [1.165, 1.54) is 10.7 Å². The fraction of sp³-hybridized carbons (Fsp3) is 0.500. The highest BCUT2D eigenvalue weighted by molar-refractivity contribution is 5.86.